The highest BCUT2D eigenvalue weighted by atomic mass is 16.6. The molecule has 1 fully saturated rings. The summed E-state index contributed by atoms with van der Waals surface area (Å²) >= 11 is 0. The first-order valence-electron chi connectivity index (χ1n) is 20.4. The molecule has 2 aliphatic rings. The lowest BCUT2D eigenvalue weighted by Gasteiger charge is -2.26. The predicted octanol–water partition coefficient (Wildman–Crippen LogP) is 6.22. The molecule has 0 saturated heterocycles. The van der Waals surface area contributed by atoms with Gasteiger partial charge >= 0.3 is 11.9 Å². The number of amides is 3. The van der Waals surface area contributed by atoms with Gasteiger partial charge in [-0.15, -0.1) is 0 Å². The molecular weight excluding hydrogens is 741 g/mol. The number of fused-ring (bicyclic) bond motifs is 1. The van der Waals surface area contributed by atoms with Crippen LogP contribution in [0.1, 0.15) is 86.5 Å². The molecule has 312 valence electrons. The Morgan fingerprint density at radius 1 is 0.931 bits per heavy atom. The molecule has 2 aromatic carbocycles. The van der Waals surface area contributed by atoms with Gasteiger partial charge in [-0.25, -0.2) is 9.78 Å². The first-order chi connectivity index (χ1) is 27.6. The minimum atomic E-state index is -1.05. The van der Waals surface area contributed by atoms with E-state index in [0.717, 1.165) is 31.2 Å². The number of rotatable bonds is 16. The molecule has 0 radical (unpaired) electrons. The quantitative estimate of drug-likeness (QED) is 0.141. The fourth-order valence-corrected chi connectivity index (χ4v) is 7.25. The number of carbonyl (C=O) groups excluding carboxylic acids is 5. The Morgan fingerprint density at radius 3 is 2.31 bits per heavy atom. The molecule has 1 heterocycles. The summed E-state index contributed by atoms with van der Waals surface area (Å²) in [5.74, 6) is -2.92. The van der Waals surface area contributed by atoms with Crippen molar-refractivity contribution in [1.29, 1.82) is 0 Å². The predicted molar refractivity (Wildman–Crippen MR) is 220 cm³/mol. The molecule has 0 unspecified atom stereocenters. The Balaban J connectivity index is 1.39. The van der Waals surface area contributed by atoms with Crippen molar-refractivity contribution in [3.8, 4) is 22.8 Å². The zero-order valence-electron chi connectivity index (χ0n) is 34.7. The summed E-state index contributed by atoms with van der Waals surface area (Å²) in [4.78, 5) is 72.2. The average Bonchev–Trinajstić information content (AvgIpc) is 3.63. The maximum Gasteiger partial charge on any atom is 0.329 e. The lowest BCUT2D eigenvalue weighted by Crippen LogP contribution is -2.52. The van der Waals surface area contributed by atoms with E-state index >= 15 is 0 Å². The third-order valence-electron chi connectivity index (χ3n) is 10.4. The maximum atomic E-state index is 14.2. The molecule has 2 aliphatic carbocycles. The zero-order chi connectivity index (χ0) is 42.0. The molecule has 0 aliphatic heterocycles. The van der Waals surface area contributed by atoms with Crippen LogP contribution in [0.2, 0.25) is 0 Å². The smallest absolute Gasteiger partial charge is 0.329 e. The van der Waals surface area contributed by atoms with Gasteiger partial charge in [-0.3, -0.25) is 19.2 Å². The van der Waals surface area contributed by atoms with Crippen LogP contribution in [-0.4, -0.2) is 78.7 Å². The van der Waals surface area contributed by atoms with Gasteiger partial charge in [-0.05, 0) is 70.1 Å². The van der Waals surface area contributed by atoms with Gasteiger partial charge in [0, 0.05) is 35.1 Å². The second-order valence-corrected chi connectivity index (χ2v) is 16.4. The Bertz CT molecular complexity index is 1970. The highest BCUT2D eigenvalue weighted by molar-refractivity contribution is 6.03. The summed E-state index contributed by atoms with van der Waals surface area (Å²) in [7, 11) is 1.58. The summed E-state index contributed by atoms with van der Waals surface area (Å²) in [6.45, 7) is 10.5. The van der Waals surface area contributed by atoms with Gasteiger partial charge in [-0.2, -0.15) is 0 Å². The molecule has 13 nitrogen and oxygen atoms in total. The van der Waals surface area contributed by atoms with E-state index in [0.29, 0.717) is 40.6 Å². The number of esters is 2. The van der Waals surface area contributed by atoms with Gasteiger partial charge in [0.1, 0.15) is 41.8 Å². The molecule has 58 heavy (non-hydrogen) atoms. The van der Waals surface area contributed by atoms with Crippen LogP contribution < -0.4 is 25.4 Å². The largest absolute Gasteiger partial charge is 0.497 e. The third kappa shape index (κ3) is 11.8. The van der Waals surface area contributed by atoms with Crippen LogP contribution in [0.15, 0.2) is 66.2 Å². The topological polar surface area (TPSA) is 171 Å². The highest BCUT2D eigenvalue weighted by Gasteiger charge is 2.40. The number of aromatic nitrogens is 1. The molecule has 3 aromatic rings. The van der Waals surface area contributed by atoms with E-state index < -0.39 is 59.4 Å². The van der Waals surface area contributed by atoms with E-state index in [4.69, 9.17) is 23.9 Å². The second-order valence-electron chi connectivity index (χ2n) is 16.4. The lowest BCUT2D eigenvalue weighted by molar-refractivity contribution is -0.159. The van der Waals surface area contributed by atoms with Crippen LogP contribution in [0.4, 0.5) is 0 Å². The summed E-state index contributed by atoms with van der Waals surface area (Å²) in [5.41, 5.74) is 1.44. The van der Waals surface area contributed by atoms with Crippen LogP contribution in [0, 0.1) is 17.8 Å². The number of nitrogens with zero attached hydrogens (tertiary/aromatic N) is 1. The minimum Gasteiger partial charge on any atom is -0.497 e. The van der Waals surface area contributed by atoms with Gasteiger partial charge < -0.3 is 34.9 Å². The number of ether oxygens (including phenoxy) is 4. The van der Waals surface area contributed by atoms with Crippen molar-refractivity contribution < 1.29 is 42.9 Å². The summed E-state index contributed by atoms with van der Waals surface area (Å²) in [5, 5.41) is 8.91. The van der Waals surface area contributed by atoms with E-state index in [9.17, 15) is 24.0 Å². The van der Waals surface area contributed by atoms with Crippen molar-refractivity contribution in [3.63, 3.8) is 0 Å². The Hall–Kier alpha value is -5.46. The normalized spacial score (nSPS) is 18.1. The third-order valence-corrected chi connectivity index (χ3v) is 10.4. The van der Waals surface area contributed by atoms with E-state index in [2.05, 4.69) is 16.0 Å². The molecule has 1 saturated carbocycles. The monoisotopic (exact) mass is 798 g/mol. The summed E-state index contributed by atoms with van der Waals surface area (Å²) in [6.07, 6.45) is 6.61. The van der Waals surface area contributed by atoms with Crippen LogP contribution in [0.5, 0.6) is 11.5 Å². The van der Waals surface area contributed by atoms with E-state index in [1.165, 1.54) is 6.42 Å². The highest BCUT2D eigenvalue weighted by Crippen LogP contribution is 2.36. The molecule has 1 aromatic heterocycles. The Morgan fingerprint density at radius 2 is 1.66 bits per heavy atom. The van der Waals surface area contributed by atoms with Gasteiger partial charge in [0.05, 0.1) is 30.8 Å². The molecule has 0 spiro atoms. The maximum absolute atomic E-state index is 14.2. The fourth-order valence-electron chi connectivity index (χ4n) is 7.25. The number of pyridine rings is 1. The SMILES string of the molecule is CC[C@H](NC(=O)[C@H]1C[C@H](Oc2cc(-c3ccccc3)nc3cc(OC)ccc23)C=C1C(=O)N[C@@H](C(=O)NCC(=O)OCC1CCCCC1)C(C)C)C(=O)OC(C)(C)C. The summed E-state index contributed by atoms with van der Waals surface area (Å²) in [6, 6.07) is 14.9. The van der Waals surface area contributed by atoms with Crippen molar-refractivity contribution in [2.45, 2.75) is 110 Å². The lowest BCUT2D eigenvalue weighted by atomic mass is 9.90. The number of methoxy groups -OCH3 is 1. The Kier molecular flexibility index (Phi) is 14.9. The average molecular weight is 799 g/mol. The second kappa shape index (κ2) is 19.8. The number of hydrogen-bond acceptors (Lipinski definition) is 10. The van der Waals surface area contributed by atoms with Crippen LogP contribution in [0.3, 0.4) is 0 Å². The van der Waals surface area contributed by atoms with Crippen molar-refractivity contribution in [2.75, 3.05) is 20.3 Å². The van der Waals surface area contributed by atoms with Crippen LogP contribution in [-0.2, 0) is 33.4 Å². The fraction of sp³-hybridized carbons (Fsp3) is 0.511. The van der Waals surface area contributed by atoms with Crippen molar-refractivity contribution in [3.05, 3.63) is 66.2 Å². The van der Waals surface area contributed by atoms with E-state index in [1.54, 1.807) is 60.8 Å². The molecular formula is C45H58N4O9. The molecule has 3 amide bonds. The van der Waals surface area contributed by atoms with Gasteiger partial charge in [0.25, 0.3) is 0 Å². The first-order valence-corrected chi connectivity index (χ1v) is 20.4. The number of hydrogen-bond donors (Lipinski definition) is 3. The molecule has 0 bridgehead atoms. The van der Waals surface area contributed by atoms with Crippen molar-refractivity contribution >= 4 is 40.6 Å². The van der Waals surface area contributed by atoms with Crippen molar-refractivity contribution in [1.82, 2.24) is 20.9 Å². The van der Waals surface area contributed by atoms with Crippen LogP contribution in [0.25, 0.3) is 22.2 Å². The van der Waals surface area contributed by atoms with E-state index in [1.807, 2.05) is 48.5 Å². The molecule has 5 rings (SSSR count). The van der Waals surface area contributed by atoms with Gasteiger partial charge in [0.2, 0.25) is 17.7 Å². The minimum absolute atomic E-state index is 0.0609. The number of nitrogens with one attached hydrogen (secondary N) is 3. The molecule has 4 atom stereocenters. The molecule has 3 N–H and O–H groups in total. The molecule has 13 heteroatoms. The van der Waals surface area contributed by atoms with Gasteiger partial charge in [-0.1, -0.05) is 70.4 Å². The Labute approximate surface area is 341 Å². The standard InChI is InChI=1S/C45H58N4O9/c1-8-35(44(54)58-45(4,5)6)48-41(51)33-21-31(57-38-24-36(29-17-13-10-14-18-29)47-37-23-30(55-7)19-20-32(37)38)22-34(33)42(52)49-40(27(2)3)43(53)46-25-39(50)56-26-28-15-11-9-12-16-28/h10,13-14,17-20,22-24,27-28,31,33,35,40H,8-9,11-12,15-16,21,25-26H2,1-7H3,(H,46,53)(H,48,51)(H,49,52)/t31-,33-,35-,40+/m0/s1. The van der Waals surface area contributed by atoms with Crippen LogP contribution >= 0.6 is 0 Å². The van der Waals surface area contributed by atoms with Crippen molar-refractivity contribution in [2.24, 2.45) is 17.8 Å². The number of carbonyl (C=O) groups is 5. The van der Waals surface area contributed by atoms with Gasteiger partial charge in [0.15, 0.2) is 0 Å². The zero-order valence-corrected chi connectivity index (χ0v) is 34.7. The van der Waals surface area contributed by atoms with E-state index in [-0.39, 0.29) is 30.9 Å². The first kappa shape index (κ1) is 43.7. The number of benzene rings is 2. The summed E-state index contributed by atoms with van der Waals surface area (Å²) < 4.78 is 23.1.